The van der Waals surface area contributed by atoms with Crippen LogP contribution in [0.4, 0.5) is 0 Å². The molecule has 1 aromatic heterocycles. The van der Waals surface area contributed by atoms with Gasteiger partial charge in [0.25, 0.3) is 5.91 Å². The molecule has 0 bridgehead atoms. The molecule has 6 nitrogen and oxygen atoms in total. The second-order valence-electron chi connectivity index (χ2n) is 6.61. The molecule has 0 radical (unpaired) electrons. The summed E-state index contributed by atoms with van der Waals surface area (Å²) < 4.78 is 11.3. The van der Waals surface area contributed by atoms with Crippen molar-refractivity contribution >= 4 is 5.91 Å². The van der Waals surface area contributed by atoms with E-state index in [1.165, 1.54) is 6.42 Å². The Kier molecular flexibility index (Phi) is 3.88. The van der Waals surface area contributed by atoms with Gasteiger partial charge in [0.1, 0.15) is 0 Å². The molecule has 3 aliphatic rings. The summed E-state index contributed by atoms with van der Waals surface area (Å²) in [6.07, 6.45) is 6.23. The van der Waals surface area contributed by atoms with Gasteiger partial charge in [-0.25, -0.2) is 0 Å². The van der Waals surface area contributed by atoms with Crippen molar-refractivity contribution in [2.24, 2.45) is 5.92 Å². The number of fused-ring (bicyclic) bond motifs is 1. The van der Waals surface area contributed by atoms with Gasteiger partial charge in [0.15, 0.2) is 0 Å². The lowest BCUT2D eigenvalue weighted by Gasteiger charge is -2.41. The van der Waals surface area contributed by atoms with E-state index in [1.807, 2.05) is 4.90 Å². The van der Waals surface area contributed by atoms with Crippen LogP contribution in [0.1, 0.15) is 47.7 Å². The van der Waals surface area contributed by atoms with E-state index in [2.05, 4.69) is 10.2 Å². The van der Waals surface area contributed by atoms with Crippen molar-refractivity contribution in [1.82, 2.24) is 15.1 Å². The number of likely N-dealkylation sites (tertiary alicyclic amines) is 1. The molecule has 4 heterocycles. The number of nitrogens with zero attached hydrogens (tertiary/aromatic N) is 2. The number of H-pyrrole nitrogens is 1. The Morgan fingerprint density at radius 2 is 2.27 bits per heavy atom. The number of nitrogens with one attached hydrogen (secondary N) is 1. The number of hydrogen-bond donors (Lipinski definition) is 1. The van der Waals surface area contributed by atoms with Crippen LogP contribution >= 0.6 is 0 Å². The third-order valence-corrected chi connectivity index (χ3v) is 5.24. The molecule has 22 heavy (non-hydrogen) atoms. The van der Waals surface area contributed by atoms with Crippen molar-refractivity contribution in [1.29, 1.82) is 0 Å². The third-order valence-electron chi connectivity index (χ3n) is 5.24. The molecule has 0 aliphatic carbocycles. The smallest absolute Gasteiger partial charge is 0.257 e. The average molecular weight is 305 g/mol. The fourth-order valence-electron chi connectivity index (χ4n) is 3.98. The molecule has 3 fully saturated rings. The summed E-state index contributed by atoms with van der Waals surface area (Å²) in [5, 5.41) is 7.13. The van der Waals surface area contributed by atoms with Crippen LogP contribution in [0.2, 0.25) is 0 Å². The van der Waals surface area contributed by atoms with Gasteiger partial charge in [-0.3, -0.25) is 9.89 Å². The van der Waals surface area contributed by atoms with E-state index in [0.717, 1.165) is 56.8 Å². The first kappa shape index (κ1) is 14.2. The van der Waals surface area contributed by atoms with Crippen LogP contribution in [0.3, 0.4) is 0 Å². The van der Waals surface area contributed by atoms with Gasteiger partial charge in [0.05, 0.1) is 30.2 Å². The minimum atomic E-state index is 0.111. The largest absolute Gasteiger partial charge is 0.381 e. The number of aromatic amines is 1. The highest BCUT2D eigenvalue weighted by Gasteiger charge is 2.35. The predicted octanol–water partition coefficient (Wildman–Crippen LogP) is 1.55. The number of amides is 1. The Morgan fingerprint density at radius 3 is 3.14 bits per heavy atom. The Hall–Kier alpha value is -1.40. The number of rotatable bonds is 2. The molecule has 6 heteroatoms. The van der Waals surface area contributed by atoms with Crippen molar-refractivity contribution in [2.75, 3.05) is 32.9 Å². The van der Waals surface area contributed by atoms with Gasteiger partial charge in [-0.2, -0.15) is 5.10 Å². The Labute approximate surface area is 130 Å². The Morgan fingerprint density at radius 1 is 1.32 bits per heavy atom. The first-order chi connectivity index (χ1) is 10.8. The van der Waals surface area contributed by atoms with E-state index < -0.39 is 0 Å². The molecule has 0 unspecified atom stereocenters. The van der Waals surface area contributed by atoms with Crippen LogP contribution in [0.25, 0.3) is 0 Å². The molecule has 0 spiro atoms. The molecule has 3 saturated heterocycles. The molecule has 1 N–H and O–H groups in total. The number of hydrogen-bond acceptors (Lipinski definition) is 4. The van der Waals surface area contributed by atoms with Crippen molar-refractivity contribution in [2.45, 2.75) is 37.7 Å². The molecular weight excluding hydrogens is 282 g/mol. The summed E-state index contributed by atoms with van der Waals surface area (Å²) in [7, 11) is 0. The Bertz CT molecular complexity index is 538. The quantitative estimate of drug-likeness (QED) is 0.900. The minimum Gasteiger partial charge on any atom is -0.381 e. The second kappa shape index (κ2) is 6.01. The molecule has 3 aliphatic heterocycles. The lowest BCUT2D eigenvalue weighted by Crippen LogP contribution is -2.48. The number of carbonyl (C=O) groups excluding carboxylic acids is 1. The maximum atomic E-state index is 12.9. The topological polar surface area (TPSA) is 67.5 Å². The third kappa shape index (κ3) is 2.54. The van der Waals surface area contributed by atoms with Crippen LogP contribution in [0.15, 0.2) is 6.20 Å². The van der Waals surface area contributed by atoms with Gasteiger partial charge in [-0.15, -0.1) is 0 Å². The highest BCUT2D eigenvalue weighted by atomic mass is 16.5. The van der Waals surface area contributed by atoms with Gasteiger partial charge in [-0.05, 0) is 25.7 Å². The summed E-state index contributed by atoms with van der Waals surface area (Å²) >= 11 is 0. The predicted molar refractivity (Wildman–Crippen MR) is 79.7 cm³/mol. The normalized spacial score (nSPS) is 32.0. The SMILES string of the molecule is O=C(c1cn[nH]c1[C@@H]1CCOC1)N1CC[C@@H]2OCCC[C@H]2C1. The number of aromatic nitrogens is 2. The standard InChI is InChI=1S/C16H23N3O3/c20-16(13-8-17-18-15(13)12-4-7-21-10-12)19-5-3-14-11(9-19)2-1-6-22-14/h8,11-12,14H,1-7,9-10H2,(H,17,18)/t11-,12+,14-/m0/s1. The lowest BCUT2D eigenvalue weighted by atomic mass is 9.88. The first-order valence-corrected chi connectivity index (χ1v) is 8.35. The highest BCUT2D eigenvalue weighted by molar-refractivity contribution is 5.95. The fourth-order valence-corrected chi connectivity index (χ4v) is 3.98. The number of piperidine rings is 1. The van der Waals surface area contributed by atoms with E-state index in [9.17, 15) is 4.79 Å². The van der Waals surface area contributed by atoms with Gasteiger partial charge < -0.3 is 14.4 Å². The van der Waals surface area contributed by atoms with Gasteiger partial charge >= 0.3 is 0 Å². The van der Waals surface area contributed by atoms with Crippen LogP contribution < -0.4 is 0 Å². The van der Waals surface area contributed by atoms with Crippen LogP contribution in [0, 0.1) is 5.92 Å². The van der Waals surface area contributed by atoms with Crippen LogP contribution in [-0.2, 0) is 9.47 Å². The highest BCUT2D eigenvalue weighted by Crippen LogP contribution is 2.31. The Balaban J connectivity index is 1.49. The maximum Gasteiger partial charge on any atom is 0.257 e. The minimum absolute atomic E-state index is 0.111. The monoisotopic (exact) mass is 305 g/mol. The summed E-state index contributed by atoms with van der Waals surface area (Å²) in [4.78, 5) is 14.9. The average Bonchev–Trinajstić information content (AvgIpc) is 3.24. The second-order valence-corrected chi connectivity index (χ2v) is 6.61. The zero-order valence-corrected chi connectivity index (χ0v) is 12.8. The van der Waals surface area contributed by atoms with Crippen molar-refractivity contribution < 1.29 is 14.3 Å². The number of carbonyl (C=O) groups is 1. The molecule has 1 aromatic rings. The van der Waals surface area contributed by atoms with Gasteiger partial charge in [0.2, 0.25) is 0 Å². The summed E-state index contributed by atoms with van der Waals surface area (Å²) in [5.41, 5.74) is 1.68. The maximum absolute atomic E-state index is 12.9. The van der Waals surface area contributed by atoms with E-state index >= 15 is 0 Å². The lowest BCUT2D eigenvalue weighted by molar-refractivity contribution is -0.0607. The molecule has 3 atom stereocenters. The number of ether oxygens (including phenoxy) is 2. The molecule has 120 valence electrons. The molecule has 4 rings (SSSR count). The van der Waals surface area contributed by atoms with Crippen molar-refractivity contribution in [3.63, 3.8) is 0 Å². The van der Waals surface area contributed by atoms with Crippen LogP contribution in [-0.4, -0.2) is 60.0 Å². The van der Waals surface area contributed by atoms with E-state index in [1.54, 1.807) is 6.20 Å². The zero-order chi connectivity index (χ0) is 14.9. The fraction of sp³-hybridized carbons (Fsp3) is 0.750. The molecule has 1 amide bonds. The molecule has 0 saturated carbocycles. The van der Waals surface area contributed by atoms with Gasteiger partial charge in [-0.1, -0.05) is 0 Å². The van der Waals surface area contributed by atoms with E-state index in [4.69, 9.17) is 9.47 Å². The zero-order valence-electron chi connectivity index (χ0n) is 12.8. The molecule has 0 aromatic carbocycles. The van der Waals surface area contributed by atoms with Crippen molar-refractivity contribution in [3.8, 4) is 0 Å². The van der Waals surface area contributed by atoms with Crippen LogP contribution in [0.5, 0.6) is 0 Å². The summed E-state index contributed by atoms with van der Waals surface area (Å²) in [6, 6.07) is 0. The van der Waals surface area contributed by atoms with Gasteiger partial charge in [0, 0.05) is 38.1 Å². The van der Waals surface area contributed by atoms with E-state index in [-0.39, 0.29) is 11.8 Å². The summed E-state index contributed by atoms with van der Waals surface area (Å²) in [6.45, 7) is 3.92. The van der Waals surface area contributed by atoms with E-state index in [0.29, 0.717) is 18.6 Å². The summed E-state index contributed by atoms with van der Waals surface area (Å²) in [5.74, 6) is 0.883. The van der Waals surface area contributed by atoms with Crippen molar-refractivity contribution in [3.05, 3.63) is 17.5 Å². The molecular formula is C16H23N3O3. The first-order valence-electron chi connectivity index (χ1n) is 8.35.